The van der Waals surface area contributed by atoms with Gasteiger partial charge in [0.15, 0.2) is 0 Å². The second-order valence-corrected chi connectivity index (χ2v) is 4.30. The Balaban J connectivity index is 2.28. The normalized spacial score (nSPS) is 17.3. The van der Waals surface area contributed by atoms with Gasteiger partial charge in [-0.1, -0.05) is 6.92 Å². The molecule has 0 aromatic carbocycles. The third-order valence-corrected chi connectivity index (χ3v) is 3.62. The summed E-state index contributed by atoms with van der Waals surface area (Å²) in [7, 11) is 0. The average molecular weight is 167 g/mol. The number of aryl methyl sites for hydroxylation is 2. The molecule has 2 heteroatoms. The fraction of sp³-hybridized carbons (Fsp3) is 0.667. The second kappa shape index (κ2) is 2.59. The van der Waals surface area contributed by atoms with Crippen LogP contribution in [0.15, 0.2) is 0 Å². The van der Waals surface area contributed by atoms with Crippen molar-refractivity contribution in [3.8, 4) is 0 Å². The quantitative estimate of drug-likeness (QED) is 0.660. The molecule has 1 aliphatic carbocycles. The molecule has 1 aromatic rings. The highest BCUT2D eigenvalue weighted by atomic mass is 32.1. The molecule has 0 radical (unpaired) electrons. The number of aromatic nitrogens is 1. The van der Waals surface area contributed by atoms with Crippen LogP contribution in [-0.2, 0) is 6.42 Å². The van der Waals surface area contributed by atoms with E-state index in [1.165, 1.54) is 28.4 Å². The predicted octanol–water partition coefficient (Wildman–Crippen LogP) is 2.89. The lowest BCUT2D eigenvalue weighted by atomic mass is 10.3. The molecule has 1 nitrogen and oxygen atoms in total. The van der Waals surface area contributed by atoms with E-state index >= 15 is 0 Å². The Bertz CT molecular complexity index is 261. The third kappa shape index (κ3) is 1.32. The molecule has 1 aromatic heterocycles. The van der Waals surface area contributed by atoms with Crippen LogP contribution in [0.25, 0.3) is 0 Å². The molecule has 11 heavy (non-hydrogen) atoms. The number of rotatable bonds is 2. The lowest BCUT2D eigenvalue weighted by Gasteiger charge is -1.85. The van der Waals surface area contributed by atoms with Crippen LogP contribution in [0.3, 0.4) is 0 Å². The number of nitrogens with zero attached hydrogens (tertiary/aromatic N) is 1. The molecule has 0 bridgehead atoms. The van der Waals surface area contributed by atoms with Gasteiger partial charge in [-0.15, -0.1) is 11.3 Å². The Kier molecular flexibility index (Phi) is 1.72. The summed E-state index contributed by atoms with van der Waals surface area (Å²) in [4.78, 5) is 6.04. The topological polar surface area (TPSA) is 12.9 Å². The van der Waals surface area contributed by atoms with E-state index in [9.17, 15) is 0 Å². The van der Waals surface area contributed by atoms with Crippen molar-refractivity contribution in [2.75, 3.05) is 0 Å². The first kappa shape index (κ1) is 7.29. The highest BCUT2D eigenvalue weighted by Gasteiger charge is 2.27. The molecule has 1 heterocycles. The van der Waals surface area contributed by atoms with Crippen LogP contribution < -0.4 is 0 Å². The zero-order chi connectivity index (χ0) is 7.84. The van der Waals surface area contributed by atoms with E-state index in [4.69, 9.17) is 0 Å². The van der Waals surface area contributed by atoms with Gasteiger partial charge in [-0.2, -0.15) is 0 Å². The highest BCUT2D eigenvalue weighted by molar-refractivity contribution is 7.11. The van der Waals surface area contributed by atoms with Gasteiger partial charge in [-0.05, 0) is 26.2 Å². The molecule has 0 aliphatic heterocycles. The van der Waals surface area contributed by atoms with E-state index < -0.39 is 0 Å². The van der Waals surface area contributed by atoms with Crippen molar-refractivity contribution in [1.29, 1.82) is 0 Å². The summed E-state index contributed by atoms with van der Waals surface area (Å²) in [6, 6.07) is 0. The summed E-state index contributed by atoms with van der Waals surface area (Å²) in [5.74, 6) is 0.832. The fourth-order valence-electron chi connectivity index (χ4n) is 1.28. The van der Waals surface area contributed by atoms with Crippen LogP contribution in [0.4, 0.5) is 0 Å². The van der Waals surface area contributed by atoms with E-state index in [1.807, 2.05) is 11.3 Å². The van der Waals surface area contributed by atoms with Crippen LogP contribution >= 0.6 is 11.3 Å². The maximum atomic E-state index is 4.56. The van der Waals surface area contributed by atoms with E-state index in [0.717, 1.165) is 12.3 Å². The Morgan fingerprint density at radius 1 is 1.55 bits per heavy atom. The van der Waals surface area contributed by atoms with Gasteiger partial charge in [-0.3, -0.25) is 0 Å². The molecule has 1 fully saturated rings. The molecular weight excluding hydrogens is 154 g/mol. The van der Waals surface area contributed by atoms with Crippen molar-refractivity contribution >= 4 is 11.3 Å². The summed E-state index contributed by atoms with van der Waals surface area (Å²) >= 11 is 1.92. The first-order valence-corrected chi connectivity index (χ1v) is 5.09. The summed E-state index contributed by atoms with van der Waals surface area (Å²) in [5.41, 5.74) is 1.26. The predicted molar refractivity (Wildman–Crippen MR) is 48.2 cm³/mol. The molecular formula is C9H13NS. The number of hydrogen-bond donors (Lipinski definition) is 0. The van der Waals surface area contributed by atoms with Crippen LogP contribution in [-0.4, -0.2) is 4.98 Å². The Morgan fingerprint density at radius 2 is 2.27 bits per heavy atom. The minimum absolute atomic E-state index is 0.832. The van der Waals surface area contributed by atoms with Gasteiger partial charge < -0.3 is 0 Å². The first-order valence-electron chi connectivity index (χ1n) is 4.27. The van der Waals surface area contributed by atoms with E-state index in [1.54, 1.807) is 0 Å². The summed E-state index contributed by atoms with van der Waals surface area (Å²) in [6.45, 7) is 4.33. The molecule has 2 rings (SSSR count). The molecule has 0 N–H and O–H groups in total. The summed E-state index contributed by atoms with van der Waals surface area (Å²) in [6.07, 6.45) is 3.89. The Morgan fingerprint density at radius 3 is 2.73 bits per heavy atom. The molecule has 0 atom stereocenters. The number of hydrogen-bond acceptors (Lipinski definition) is 2. The van der Waals surface area contributed by atoms with Crippen molar-refractivity contribution in [2.45, 2.75) is 39.0 Å². The molecule has 0 unspecified atom stereocenters. The first-order chi connectivity index (χ1) is 5.31. The largest absolute Gasteiger partial charge is 0.246 e. The average Bonchev–Trinajstić information content (AvgIpc) is 2.76. The molecule has 1 saturated carbocycles. The standard InChI is InChI=1S/C9H13NS/c1-3-8-6(2)10-9(11-8)7-4-5-7/h7H,3-5H2,1-2H3. The van der Waals surface area contributed by atoms with Gasteiger partial charge in [0.25, 0.3) is 0 Å². The van der Waals surface area contributed by atoms with Gasteiger partial charge in [-0.25, -0.2) is 4.98 Å². The van der Waals surface area contributed by atoms with Gasteiger partial charge in [0, 0.05) is 10.8 Å². The summed E-state index contributed by atoms with van der Waals surface area (Å²) < 4.78 is 0. The third-order valence-electron chi connectivity index (χ3n) is 2.16. The zero-order valence-corrected chi connectivity index (χ0v) is 7.87. The lowest BCUT2D eigenvalue weighted by molar-refractivity contribution is 1.04. The maximum absolute atomic E-state index is 4.56. The SMILES string of the molecule is CCc1sc(C2CC2)nc1C. The van der Waals surface area contributed by atoms with Crippen molar-refractivity contribution < 1.29 is 0 Å². The van der Waals surface area contributed by atoms with Crippen LogP contribution in [0.5, 0.6) is 0 Å². The molecule has 0 saturated heterocycles. The smallest absolute Gasteiger partial charge is 0.0961 e. The Labute approximate surface area is 71.5 Å². The minimum Gasteiger partial charge on any atom is -0.246 e. The second-order valence-electron chi connectivity index (χ2n) is 3.19. The van der Waals surface area contributed by atoms with E-state index in [0.29, 0.717) is 0 Å². The van der Waals surface area contributed by atoms with Gasteiger partial charge in [0.05, 0.1) is 10.7 Å². The van der Waals surface area contributed by atoms with Crippen LogP contribution in [0, 0.1) is 6.92 Å². The highest BCUT2D eigenvalue weighted by Crippen LogP contribution is 2.42. The van der Waals surface area contributed by atoms with Crippen LogP contribution in [0.1, 0.15) is 41.3 Å². The molecule has 1 aliphatic rings. The van der Waals surface area contributed by atoms with Gasteiger partial charge >= 0.3 is 0 Å². The Hall–Kier alpha value is -0.370. The van der Waals surface area contributed by atoms with E-state index in [-0.39, 0.29) is 0 Å². The van der Waals surface area contributed by atoms with Gasteiger partial charge in [0.2, 0.25) is 0 Å². The molecule has 0 spiro atoms. The van der Waals surface area contributed by atoms with Crippen LogP contribution in [0.2, 0.25) is 0 Å². The van der Waals surface area contributed by atoms with Crippen molar-refractivity contribution in [2.24, 2.45) is 0 Å². The van der Waals surface area contributed by atoms with Gasteiger partial charge in [0.1, 0.15) is 0 Å². The zero-order valence-electron chi connectivity index (χ0n) is 7.05. The monoisotopic (exact) mass is 167 g/mol. The van der Waals surface area contributed by atoms with Crippen molar-refractivity contribution in [1.82, 2.24) is 4.98 Å². The van der Waals surface area contributed by atoms with Crippen molar-refractivity contribution in [3.05, 3.63) is 15.6 Å². The minimum atomic E-state index is 0.832. The molecule has 60 valence electrons. The lowest BCUT2D eigenvalue weighted by Crippen LogP contribution is -1.78. The fourth-order valence-corrected chi connectivity index (χ4v) is 2.46. The number of thiazole rings is 1. The summed E-state index contributed by atoms with van der Waals surface area (Å²) in [5, 5.41) is 1.39. The van der Waals surface area contributed by atoms with Crippen molar-refractivity contribution in [3.63, 3.8) is 0 Å². The maximum Gasteiger partial charge on any atom is 0.0961 e. The molecule has 0 amide bonds. The van der Waals surface area contributed by atoms with E-state index in [2.05, 4.69) is 18.8 Å².